The number of H-pyrrole nitrogens is 1. The first kappa shape index (κ1) is 9.09. The molecular weight excluding hydrogens is 182 g/mol. The summed E-state index contributed by atoms with van der Waals surface area (Å²) in [5, 5.41) is 4.43. The van der Waals surface area contributed by atoms with E-state index in [2.05, 4.69) is 15.3 Å². The molecule has 0 radical (unpaired) electrons. The molecule has 2 heterocycles. The van der Waals surface area contributed by atoms with Gasteiger partial charge in [-0.15, -0.1) is 0 Å². The van der Waals surface area contributed by atoms with Crippen LogP contribution in [0.3, 0.4) is 0 Å². The van der Waals surface area contributed by atoms with E-state index in [1.54, 1.807) is 0 Å². The summed E-state index contributed by atoms with van der Waals surface area (Å²) in [6.07, 6.45) is 6.32. The fourth-order valence-corrected chi connectivity index (χ4v) is 2.59. The predicted octanol–water partition coefficient (Wildman–Crippen LogP) is 1.50. The monoisotopic (exact) mass is 197 g/mol. The Hall–Kier alpha value is -0.480. The molecule has 2 rings (SSSR count). The summed E-state index contributed by atoms with van der Waals surface area (Å²) in [6.45, 7) is 2.37. The third-order valence-corrected chi connectivity index (χ3v) is 3.52. The Morgan fingerprint density at radius 3 is 3.00 bits per heavy atom. The molecule has 0 saturated carbocycles. The van der Waals surface area contributed by atoms with Gasteiger partial charge in [-0.05, 0) is 31.8 Å². The van der Waals surface area contributed by atoms with Crippen molar-refractivity contribution in [2.24, 2.45) is 5.92 Å². The van der Waals surface area contributed by atoms with Crippen molar-refractivity contribution in [1.82, 2.24) is 15.3 Å². The minimum atomic E-state index is 0.872. The Labute approximate surface area is 82.7 Å². The molecule has 4 heteroatoms. The topological polar surface area (TPSA) is 40.7 Å². The largest absolute Gasteiger partial charge is 0.340 e. The van der Waals surface area contributed by atoms with Gasteiger partial charge < -0.3 is 10.3 Å². The van der Waals surface area contributed by atoms with Crippen LogP contribution in [-0.4, -0.2) is 28.8 Å². The number of piperidine rings is 1. The van der Waals surface area contributed by atoms with Crippen molar-refractivity contribution in [2.45, 2.75) is 18.0 Å². The van der Waals surface area contributed by atoms with Gasteiger partial charge in [0.25, 0.3) is 0 Å². The smallest absolute Gasteiger partial charge is 0.165 e. The van der Waals surface area contributed by atoms with Crippen LogP contribution in [0.5, 0.6) is 0 Å². The van der Waals surface area contributed by atoms with E-state index in [1.807, 2.05) is 24.2 Å². The first-order valence-electron chi connectivity index (χ1n) is 4.78. The lowest BCUT2D eigenvalue weighted by Gasteiger charge is -2.21. The number of hydrogen-bond acceptors (Lipinski definition) is 3. The second kappa shape index (κ2) is 4.67. The summed E-state index contributed by atoms with van der Waals surface area (Å²) in [4.78, 5) is 7.31. The van der Waals surface area contributed by atoms with Crippen molar-refractivity contribution >= 4 is 11.8 Å². The van der Waals surface area contributed by atoms with Crippen LogP contribution < -0.4 is 5.32 Å². The molecule has 13 heavy (non-hydrogen) atoms. The average molecular weight is 197 g/mol. The summed E-state index contributed by atoms with van der Waals surface area (Å²) in [7, 11) is 0. The Kier molecular flexibility index (Phi) is 3.27. The SMILES string of the molecule is c1c[nH]c(SCC2CCNCC2)n1. The zero-order valence-corrected chi connectivity index (χ0v) is 8.44. The maximum Gasteiger partial charge on any atom is 0.165 e. The van der Waals surface area contributed by atoms with Gasteiger partial charge in [-0.3, -0.25) is 0 Å². The summed E-state index contributed by atoms with van der Waals surface area (Å²) < 4.78 is 0. The van der Waals surface area contributed by atoms with Crippen molar-refractivity contribution in [2.75, 3.05) is 18.8 Å². The number of rotatable bonds is 3. The van der Waals surface area contributed by atoms with Gasteiger partial charge in [0.2, 0.25) is 0 Å². The van der Waals surface area contributed by atoms with Crippen LogP contribution in [0.15, 0.2) is 17.6 Å². The normalized spacial score (nSPS) is 19.1. The van der Waals surface area contributed by atoms with Crippen LogP contribution >= 0.6 is 11.8 Å². The maximum atomic E-state index is 4.19. The molecule has 1 aliphatic rings. The number of thioether (sulfide) groups is 1. The van der Waals surface area contributed by atoms with Crippen LogP contribution in [-0.2, 0) is 0 Å². The zero-order chi connectivity index (χ0) is 8.93. The van der Waals surface area contributed by atoms with Crippen LogP contribution in [0.25, 0.3) is 0 Å². The molecular formula is C9H15N3S. The van der Waals surface area contributed by atoms with Crippen molar-refractivity contribution < 1.29 is 0 Å². The number of nitrogens with zero attached hydrogens (tertiary/aromatic N) is 1. The van der Waals surface area contributed by atoms with E-state index in [-0.39, 0.29) is 0 Å². The summed E-state index contributed by atoms with van der Waals surface area (Å²) in [5.41, 5.74) is 0. The summed E-state index contributed by atoms with van der Waals surface area (Å²) in [6, 6.07) is 0. The Bertz CT molecular complexity index is 229. The minimum Gasteiger partial charge on any atom is -0.340 e. The quantitative estimate of drug-likeness (QED) is 0.721. The molecule has 1 aromatic rings. The average Bonchev–Trinajstić information content (AvgIpc) is 2.69. The van der Waals surface area contributed by atoms with Gasteiger partial charge in [-0.25, -0.2) is 4.98 Å². The molecule has 1 aromatic heterocycles. The lowest BCUT2D eigenvalue weighted by Crippen LogP contribution is -2.28. The third-order valence-electron chi connectivity index (χ3n) is 2.39. The molecule has 0 spiro atoms. The lowest BCUT2D eigenvalue weighted by atomic mass is 10.0. The highest BCUT2D eigenvalue weighted by molar-refractivity contribution is 7.99. The first-order valence-corrected chi connectivity index (χ1v) is 5.76. The molecule has 0 aliphatic carbocycles. The van der Waals surface area contributed by atoms with Gasteiger partial charge in [-0.2, -0.15) is 0 Å². The fourth-order valence-electron chi connectivity index (χ4n) is 1.57. The molecule has 0 atom stereocenters. The van der Waals surface area contributed by atoms with E-state index in [4.69, 9.17) is 0 Å². The first-order chi connectivity index (χ1) is 6.45. The number of aromatic nitrogens is 2. The van der Waals surface area contributed by atoms with Gasteiger partial charge in [0.05, 0.1) is 0 Å². The van der Waals surface area contributed by atoms with E-state index in [0.717, 1.165) is 11.1 Å². The van der Waals surface area contributed by atoms with Crippen molar-refractivity contribution in [1.29, 1.82) is 0 Å². The van der Waals surface area contributed by atoms with Gasteiger partial charge in [0.15, 0.2) is 5.16 Å². The molecule has 1 saturated heterocycles. The minimum absolute atomic E-state index is 0.872. The van der Waals surface area contributed by atoms with Gasteiger partial charge >= 0.3 is 0 Å². The highest BCUT2D eigenvalue weighted by Crippen LogP contribution is 2.21. The molecule has 0 bridgehead atoms. The zero-order valence-electron chi connectivity index (χ0n) is 7.62. The van der Waals surface area contributed by atoms with Gasteiger partial charge in [-0.1, -0.05) is 11.8 Å². The number of imidazole rings is 1. The second-order valence-electron chi connectivity index (χ2n) is 3.40. The third kappa shape index (κ3) is 2.74. The highest BCUT2D eigenvalue weighted by Gasteiger charge is 2.13. The molecule has 0 amide bonds. The second-order valence-corrected chi connectivity index (χ2v) is 4.41. The van der Waals surface area contributed by atoms with Crippen molar-refractivity contribution in [3.8, 4) is 0 Å². The maximum absolute atomic E-state index is 4.19. The van der Waals surface area contributed by atoms with E-state index in [0.29, 0.717) is 0 Å². The van der Waals surface area contributed by atoms with Crippen LogP contribution in [0, 0.1) is 5.92 Å². The number of hydrogen-bond donors (Lipinski definition) is 2. The fraction of sp³-hybridized carbons (Fsp3) is 0.667. The Morgan fingerprint density at radius 1 is 1.46 bits per heavy atom. The lowest BCUT2D eigenvalue weighted by molar-refractivity contribution is 0.407. The number of aromatic amines is 1. The molecule has 1 aliphatic heterocycles. The van der Waals surface area contributed by atoms with Crippen LogP contribution in [0.2, 0.25) is 0 Å². The van der Waals surface area contributed by atoms with Crippen LogP contribution in [0.4, 0.5) is 0 Å². The Morgan fingerprint density at radius 2 is 2.31 bits per heavy atom. The van der Waals surface area contributed by atoms with Crippen molar-refractivity contribution in [3.05, 3.63) is 12.4 Å². The van der Waals surface area contributed by atoms with Gasteiger partial charge in [0, 0.05) is 18.1 Å². The molecule has 1 fully saturated rings. The Balaban J connectivity index is 1.72. The van der Waals surface area contributed by atoms with Crippen molar-refractivity contribution in [3.63, 3.8) is 0 Å². The molecule has 2 N–H and O–H groups in total. The summed E-state index contributed by atoms with van der Waals surface area (Å²) >= 11 is 1.84. The molecule has 0 aromatic carbocycles. The van der Waals surface area contributed by atoms with E-state index in [9.17, 15) is 0 Å². The molecule has 72 valence electrons. The van der Waals surface area contributed by atoms with E-state index < -0.39 is 0 Å². The molecule has 0 unspecified atom stereocenters. The van der Waals surface area contributed by atoms with Gasteiger partial charge in [0.1, 0.15) is 0 Å². The summed E-state index contributed by atoms with van der Waals surface area (Å²) in [5.74, 6) is 2.08. The standard InChI is InChI=1S/C9H15N3S/c1-3-10-4-2-8(1)7-13-9-11-5-6-12-9/h5-6,8,10H,1-4,7H2,(H,11,12). The van der Waals surface area contributed by atoms with Crippen LogP contribution in [0.1, 0.15) is 12.8 Å². The molecule has 3 nitrogen and oxygen atoms in total. The van der Waals surface area contributed by atoms with E-state index in [1.165, 1.54) is 31.7 Å². The highest BCUT2D eigenvalue weighted by atomic mass is 32.2. The van der Waals surface area contributed by atoms with E-state index >= 15 is 0 Å². The number of nitrogens with one attached hydrogen (secondary N) is 2. The predicted molar refractivity (Wildman–Crippen MR) is 54.9 cm³/mol.